The molecule has 1 unspecified atom stereocenters. The number of amides is 2. The molecule has 0 radical (unpaired) electrons. The number of carbonyl (C=O) groups excluding carboxylic acids is 2. The largest absolute Gasteiger partial charge is 0.508 e. The van der Waals surface area contributed by atoms with E-state index in [0.29, 0.717) is 31.5 Å². The second-order valence-corrected chi connectivity index (χ2v) is 8.38. The Morgan fingerprint density at radius 1 is 1.06 bits per heavy atom. The van der Waals surface area contributed by atoms with Crippen molar-refractivity contribution < 1.29 is 34.1 Å². The molecule has 1 aromatic rings. The number of carbonyl (C=O) groups is 3. The lowest BCUT2D eigenvalue weighted by molar-refractivity contribution is -0.147. The summed E-state index contributed by atoms with van der Waals surface area (Å²) in [4.78, 5) is 37.8. The number of rotatable bonds is 10. The van der Waals surface area contributed by atoms with Crippen LogP contribution in [-0.2, 0) is 23.9 Å². The van der Waals surface area contributed by atoms with Crippen molar-refractivity contribution in [3.8, 4) is 5.75 Å². The van der Waals surface area contributed by atoms with Gasteiger partial charge in [-0.05, 0) is 56.5 Å². The van der Waals surface area contributed by atoms with E-state index in [1.165, 1.54) is 12.1 Å². The molecule has 0 aromatic heterocycles. The molecule has 3 rings (SSSR count). The van der Waals surface area contributed by atoms with Gasteiger partial charge in [-0.3, -0.25) is 9.59 Å². The second kappa shape index (κ2) is 12.5. The van der Waals surface area contributed by atoms with E-state index in [1.54, 1.807) is 17.0 Å². The lowest BCUT2D eigenvalue weighted by Gasteiger charge is -2.32. The zero-order chi connectivity index (χ0) is 23.6. The number of nitrogens with one attached hydrogen (secondary N) is 2. The Morgan fingerprint density at radius 3 is 2.36 bits per heavy atom. The number of aromatic hydroxyl groups is 1. The summed E-state index contributed by atoms with van der Waals surface area (Å²) in [6.45, 7) is 2.55. The SMILES string of the molecule is O=C(O)COC1CCN(C(=O)CCNC(=O)C(OC2CCNCC2)c2ccc(O)cc2)CC1. The summed E-state index contributed by atoms with van der Waals surface area (Å²) in [6, 6.07) is 6.38. The fourth-order valence-electron chi connectivity index (χ4n) is 4.07. The van der Waals surface area contributed by atoms with Crippen LogP contribution in [0.2, 0.25) is 0 Å². The van der Waals surface area contributed by atoms with Crippen molar-refractivity contribution in [1.29, 1.82) is 0 Å². The van der Waals surface area contributed by atoms with Gasteiger partial charge in [-0.15, -0.1) is 0 Å². The number of likely N-dealkylation sites (tertiary alicyclic amines) is 1. The summed E-state index contributed by atoms with van der Waals surface area (Å²) >= 11 is 0. The standard InChI is InChI=1S/C23H33N3O7/c27-17-3-1-16(2-4-17)22(33-19-5-10-24-11-6-19)23(31)25-12-7-20(28)26-13-8-18(9-14-26)32-15-21(29)30/h1-4,18-19,22,24,27H,5-15H2,(H,25,31)(H,29,30). The highest BCUT2D eigenvalue weighted by atomic mass is 16.5. The van der Waals surface area contributed by atoms with E-state index in [1.807, 2.05) is 0 Å². The third-order valence-electron chi connectivity index (χ3n) is 5.92. The smallest absolute Gasteiger partial charge is 0.329 e. The van der Waals surface area contributed by atoms with Crippen molar-refractivity contribution in [2.45, 2.75) is 50.4 Å². The average molecular weight is 464 g/mol. The molecule has 0 aliphatic carbocycles. The second-order valence-electron chi connectivity index (χ2n) is 8.38. The minimum atomic E-state index is -1.00. The van der Waals surface area contributed by atoms with Crippen molar-refractivity contribution in [2.75, 3.05) is 39.3 Å². The van der Waals surface area contributed by atoms with Gasteiger partial charge in [-0.1, -0.05) is 12.1 Å². The number of carboxylic acids is 1. The lowest BCUT2D eigenvalue weighted by atomic mass is 10.1. The molecule has 0 spiro atoms. The van der Waals surface area contributed by atoms with E-state index in [-0.39, 0.29) is 49.3 Å². The average Bonchev–Trinajstić information content (AvgIpc) is 2.82. The Balaban J connectivity index is 1.46. The van der Waals surface area contributed by atoms with Crippen LogP contribution in [0.3, 0.4) is 0 Å². The van der Waals surface area contributed by atoms with Crippen molar-refractivity contribution >= 4 is 17.8 Å². The minimum absolute atomic E-state index is 0.0397. The van der Waals surface area contributed by atoms with Crippen LogP contribution < -0.4 is 10.6 Å². The van der Waals surface area contributed by atoms with Gasteiger partial charge >= 0.3 is 5.97 Å². The molecular weight excluding hydrogens is 430 g/mol. The number of benzene rings is 1. The molecule has 10 heteroatoms. The van der Waals surface area contributed by atoms with Gasteiger partial charge in [-0.25, -0.2) is 4.79 Å². The van der Waals surface area contributed by atoms with E-state index in [0.717, 1.165) is 25.9 Å². The number of ether oxygens (including phenoxy) is 2. The Hall–Kier alpha value is -2.69. The predicted molar refractivity (Wildman–Crippen MR) is 119 cm³/mol. The van der Waals surface area contributed by atoms with Crippen LogP contribution in [0.15, 0.2) is 24.3 Å². The Morgan fingerprint density at radius 2 is 1.73 bits per heavy atom. The zero-order valence-electron chi connectivity index (χ0n) is 18.7. The van der Waals surface area contributed by atoms with E-state index >= 15 is 0 Å². The molecule has 10 nitrogen and oxygen atoms in total. The number of hydrogen-bond acceptors (Lipinski definition) is 7. The summed E-state index contributed by atoms with van der Waals surface area (Å²) in [6.07, 6.45) is 1.98. The van der Waals surface area contributed by atoms with Gasteiger partial charge in [0.25, 0.3) is 5.91 Å². The maximum absolute atomic E-state index is 12.9. The minimum Gasteiger partial charge on any atom is -0.508 e. The fraction of sp³-hybridized carbons (Fsp3) is 0.609. The normalized spacial score (nSPS) is 18.6. The van der Waals surface area contributed by atoms with Gasteiger partial charge in [0.05, 0.1) is 12.2 Å². The molecule has 2 heterocycles. The number of phenols is 1. The van der Waals surface area contributed by atoms with E-state index in [9.17, 15) is 19.5 Å². The Labute approximate surface area is 193 Å². The molecule has 0 saturated carbocycles. The molecule has 2 aliphatic rings. The molecule has 2 fully saturated rings. The van der Waals surface area contributed by atoms with Gasteiger partial charge in [0.15, 0.2) is 6.10 Å². The first-order chi connectivity index (χ1) is 15.9. The first-order valence-corrected chi connectivity index (χ1v) is 11.5. The van der Waals surface area contributed by atoms with Gasteiger partial charge in [-0.2, -0.15) is 0 Å². The van der Waals surface area contributed by atoms with E-state index in [4.69, 9.17) is 14.6 Å². The van der Waals surface area contributed by atoms with Crippen molar-refractivity contribution in [3.63, 3.8) is 0 Å². The maximum atomic E-state index is 12.9. The van der Waals surface area contributed by atoms with Crippen LogP contribution in [-0.4, -0.2) is 84.4 Å². The number of hydrogen-bond donors (Lipinski definition) is 4. The van der Waals surface area contributed by atoms with Crippen LogP contribution in [0, 0.1) is 0 Å². The molecule has 2 saturated heterocycles. The van der Waals surface area contributed by atoms with Crippen molar-refractivity contribution in [3.05, 3.63) is 29.8 Å². The number of phenolic OH excluding ortho intramolecular Hbond substituents is 1. The molecule has 0 bridgehead atoms. The number of piperidine rings is 2. The van der Waals surface area contributed by atoms with E-state index < -0.39 is 12.1 Å². The summed E-state index contributed by atoms with van der Waals surface area (Å²) in [5, 5.41) is 24.3. The summed E-state index contributed by atoms with van der Waals surface area (Å²) in [5.41, 5.74) is 0.651. The van der Waals surface area contributed by atoms with Gasteiger partial charge in [0, 0.05) is 26.1 Å². The highest BCUT2D eigenvalue weighted by molar-refractivity contribution is 5.83. The topological polar surface area (TPSA) is 137 Å². The Bertz CT molecular complexity index is 788. The van der Waals surface area contributed by atoms with Crippen LogP contribution in [0.4, 0.5) is 0 Å². The summed E-state index contributed by atoms with van der Waals surface area (Å²) in [5.74, 6) is -1.26. The van der Waals surface area contributed by atoms with Gasteiger partial charge in [0.1, 0.15) is 12.4 Å². The predicted octanol–water partition coefficient (Wildman–Crippen LogP) is 0.800. The quantitative estimate of drug-likeness (QED) is 0.400. The van der Waals surface area contributed by atoms with Gasteiger partial charge in [0.2, 0.25) is 5.91 Å². The van der Waals surface area contributed by atoms with E-state index in [2.05, 4.69) is 10.6 Å². The van der Waals surface area contributed by atoms with Gasteiger partial charge < -0.3 is 35.2 Å². The first kappa shape index (κ1) is 24.9. The molecule has 2 aliphatic heterocycles. The molecule has 1 atom stereocenters. The monoisotopic (exact) mass is 463 g/mol. The van der Waals surface area contributed by atoms with Crippen LogP contribution in [0.1, 0.15) is 43.8 Å². The Kier molecular flexibility index (Phi) is 9.47. The van der Waals surface area contributed by atoms with Crippen LogP contribution >= 0.6 is 0 Å². The fourth-order valence-corrected chi connectivity index (χ4v) is 4.07. The van der Waals surface area contributed by atoms with Crippen LogP contribution in [0.5, 0.6) is 5.75 Å². The van der Waals surface area contributed by atoms with Crippen molar-refractivity contribution in [2.24, 2.45) is 0 Å². The highest BCUT2D eigenvalue weighted by Gasteiger charge is 2.27. The summed E-state index contributed by atoms with van der Waals surface area (Å²) < 4.78 is 11.4. The molecular formula is C23H33N3O7. The number of carboxylic acid groups (broad SMARTS) is 1. The molecule has 1 aromatic carbocycles. The third kappa shape index (κ3) is 7.99. The molecule has 33 heavy (non-hydrogen) atoms. The summed E-state index contributed by atoms with van der Waals surface area (Å²) in [7, 11) is 0. The third-order valence-corrected chi connectivity index (χ3v) is 5.92. The first-order valence-electron chi connectivity index (χ1n) is 11.5. The number of nitrogens with zero attached hydrogens (tertiary/aromatic N) is 1. The number of aliphatic carboxylic acids is 1. The lowest BCUT2D eigenvalue weighted by Crippen LogP contribution is -2.43. The molecule has 4 N–H and O–H groups in total. The zero-order valence-corrected chi connectivity index (χ0v) is 18.7. The van der Waals surface area contributed by atoms with Crippen LogP contribution in [0.25, 0.3) is 0 Å². The molecule has 2 amide bonds. The molecule has 182 valence electrons. The highest BCUT2D eigenvalue weighted by Crippen LogP contribution is 2.24. The maximum Gasteiger partial charge on any atom is 0.329 e. The van der Waals surface area contributed by atoms with Crippen molar-refractivity contribution in [1.82, 2.24) is 15.5 Å².